The lowest BCUT2D eigenvalue weighted by atomic mass is 10.3. The van der Waals surface area contributed by atoms with E-state index >= 15 is 0 Å². The summed E-state index contributed by atoms with van der Waals surface area (Å²) in [7, 11) is 0. The minimum Gasteiger partial charge on any atom is -0.506 e. The molecule has 0 aliphatic rings. The molecule has 0 saturated heterocycles. The second-order valence-corrected chi connectivity index (χ2v) is 3.63. The summed E-state index contributed by atoms with van der Waals surface area (Å²) in [4.78, 5) is 3.89. The summed E-state index contributed by atoms with van der Waals surface area (Å²) in [5.74, 6) is -0.274. The highest BCUT2D eigenvalue weighted by atomic mass is 19.1. The van der Waals surface area contributed by atoms with Crippen LogP contribution in [0.1, 0.15) is 0 Å². The van der Waals surface area contributed by atoms with Crippen LogP contribution in [0, 0.1) is 5.82 Å². The molecule has 0 aliphatic heterocycles. The van der Waals surface area contributed by atoms with Gasteiger partial charge >= 0.3 is 0 Å². The summed E-state index contributed by atoms with van der Waals surface area (Å²) < 4.78 is 14.7. The van der Waals surface area contributed by atoms with Gasteiger partial charge in [0.1, 0.15) is 11.6 Å². The maximum absolute atomic E-state index is 13.1. The molecule has 5 heteroatoms. The van der Waals surface area contributed by atoms with E-state index < -0.39 is 0 Å². The predicted octanol–water partition coefficient (Wildman–Crippen LogP) is 2.27. The molecule has 0 spiro atoms. The van der Waals surface area contributed by atoms with Gasteiger partial charge in [0.25, 0.3) is 0 Å². The van der Waals surface area contributed by atoms with Gasteiger partial charge in [-0.25, -0.2) is 9.07 Å². The highest BCUT2D eigenvalue weighted by molar-refractivity contribution is 5.84. The standard InChI is InChI=1S/C12H8FN3O/c13-8-2-1-3-9(4-8)16-11-6-14-7-12(17)10(11)5-15-16/h1-7,17H. The zero-order chi connectivity index (χ0) is 11.8. The van der Waals surface area contributed by atoms with Crippen LogP contribution in [-0.4, -0.2) is 19.9 Å². The van der Waals surface area contributed by atoms with Crippen LogP contribution in [-0.2, 0) is 0 Å². The molecule has 0 radical (unpaired) electrons. The predicted molar refractivity (Wildman–Crippen MR) is 60.5 cm³/mol. The quantitative estimate of drug-likeness (QED) is 0.696. The smallest absolute Gasteiger partial charge is 0.144 e. The molecule has 84 valence electrons. The second kappa shape index (κ2) is 3.55. The van der Waals surface area contributed by atoms with Crippen molar-refractivity contribution < 1.29 is 9.50 Å². The van der Waals surface area contributed by atoms with Gasteiger partial charge in [-0.05, 0) is 18.2 Å². The molecule has 0 bridgehead atoms. The van der Waals surface area contributed by atoms with Gasteiger partial charge in [0, 0.05) is 0 Å². The fourth-order valence-electron chi connectivity index (χ4n) is 1.74. The van der Waals surface area contributed by atoms with E-state index in [4.69, 9.17) is 0 Å². The first-order chi connectivity index (χ1) is 8.25. The second-order valence-electron chi connectivity index (χ2n) is 3.63. The molecule has 0 aliphatic carbocycles. The molecule has 4 nitrogen and oxygen atoms in total. The van der Waals surface area contributed by atoms with Crippen molar-refractivity contribution in [2.24, 2.45) is 0 Å². The lowest BCUT2D eigenvalue weighted by Gasteiger charge is -2.03. The van der Waals surface area contributed by atoms with Crippen molar-refractivity contribution in [3.8, 4) is 11.4 Å². The molecular weight excluding hydrogens is 221 g/mol. The molecule has 0 unspecified atom stereocenters. The van der Waals surface area contributed by atoms with Crippen molar-refractivity contribution in [1.29, 1.82) is 0 Å². The maximum atomic E-state index is 13.1. The highest BCUT2D eigenvalue weighted by Gasteiger charge is 2.08. The Labute approximate surface area is 96.0 Å². The fourth-order valence-corrected chi connectivity index (χ4v) is 1.74. The minimum atomic E-state index is -0.334. The molecule has 3 rings (SSSR count). The van der Waals surface area contributed by atoms with Crippen LogP contribution in [0.25, 0.3) is 16.6 Å². The number of hydrogen-bond donors (Lipinski definition) is 1. The van der Waals surface area contributed by atoms with Crippen LogP contribution < -0.4 is 0 Å². The average molecular weight is 229 g/mol. The Balaban J connectivity index is 2.28. The van der Waals surface area contributed by atoms with Crippen molar-refractivity contribution in [2.45, 2.75) is 0 Å². The van der Waals surface area contributed by atoms with Gasteiger partial charge in [-0.1, -0.05) is 6.07 Å². The van der Waals surface area contributed by atoms with Crippen molar-refractivity contribution in [2.75, 3.05) is 0 Å². The van der Waals surface area contributed by atoms with Crippen LogP contribution in [0.4, 0.5) is 4.39 Å². The molecule has 0 atom stereocenters. The Bertz CT molecular complexity index is 693. The Morgan fingerprint density at radius 1 is 1.18 bits per heavy atom. The monoisotopic (exact) mass is 229 g/mol. The number of aromatic nitrogens is 3. The first kappa shape index (κ1) is 9.77. The molecule has 0 amide bonds. The topological polar surface area (TPSA) is 50.9 Å². The van der Waals surface area contributed by atoms with Crippen LogP contribution in [0.3, 0.4) is 0 Å². The largest absolute Gasteiger partial charge is 0.506 e. The minimum absolute atomic E-state index is 0.0603. The molecule has 1 N–H and O–H groups in total. The van der Waals surface area contributed by atoms with E-state index in [9.17, 15) is 9.50 Å². The van der Waals surface area contributed by atoms with Gasteiger partial charge in [0.15, 0.2) is 0 Å². The molecule has 0 fully saturated rings. The van der Waals surface area contributed by atoms with Crippen LogP contribution in [0.15, 0.2) is 42.9 Å². The molecular formula is C12H8FN3O. The number of nitrogens with zero attached hydrogens (tertiary/aromatic N) is 3. The number of benzene rings is 1. The summed E-state index contributed by atoms with van der Waals surface area (Å²) in [6.07, 6.45) is 4.45. The van der Waals surface area contributed by atoms with E-state index in [0.29, 0.717) is 16.6 Å². The van der Waals surface area contributed by atoms with Gasteiger partial charge in [-0.15, -0.1) is 0 Å². The molecule has 17 heavy (non-hydrogen) atoms. The van der Waals surface area contributed by atoms with E-state index in [2.05, 4.69) is 10.1 Å². The van der Waals surface area contributed by atoms with Crippen molar-refractivity contribution in [3.05, 3.63) is 48.7 Å². The zero-order valence-corrected chi connectivity index (χ0v) is 8.71. The van der Waals surface area contributed by atoms with Gasteiger partial charge in [-0.2, -0.15) is 5.10 Å². The van der Waals surface area contributed by atoms with Crippen molar-refractivity contribution in [3.63, 3.8) is 0 Å². The summed E-state index contributed by atoms with van der Waals surface area (Å²) in [5.41, 5.74) is 1.23. The van der Waals surface area contributed by atoms with E-state index in [1.807, 2.05) is 0 Å². The summed E-state index contributed by atoms with van der Waals surface area (Å²) in [5, 5.41) is 14.3. The Morgan fingerprint density at radius 3 is 2.88 bits per heavy atom. The fraction of sp³-hybridized carbons (Fsp3) is 0. The number of aromatic hydroxyl groups is 1. The van der Waals surface area contributed by atoms with Gasteiger partial charge < -0.3 is 5.11 Å². The van der Waals surface area contributed by atoms with E-state index in [1.54, 1.807) is 18.3 Å². The van der Waals surface area contributed by atoms with Gasteiger partial charge in [0.05, 0.1) is 35.2 Å². The van der Waals surface area contributed by atoms with Crippen LogP contribution >= 0.6 is 0 Å². The SMILES string of the molecule is Oc1cncc2c1cnn2-c1cccc(F)c1. The van der Waals surface area contributed by atoms with E-state index in [1.165, 1.54) is 29.2 Å². The normalized spacial score (nSPS) is 10.9. The van der Waals surface area contributed by atoms with E-state index in [-0.39, 0.29) is 11.6 Å². The first-order valence-electron chi connectivity index (χ1n) is 5.02. The number of pyridine rings is 1. The lowest BCUT2D eigenvalue weighted by molar-refractivity contribution is 0.479. The van der Waals surface area contributed by atoms with Gasteiger partial charge in [-0.3, -0.25) is 4.98 Å². The molecule has 1 aromatic carbocycles. The number of hydrogen-bond acceptors (Lipinski definition) is 3. The Morgan fingerprint density at radius 2 is 2.06 bits per heavy atom. The number of fused-ring (bicyclic) bond motifs is 1. The Hall–Kier alpha value is -2.43. The number of halogens is 1. The third-order valence-electron chi connectivity index (χ3n) is 2.53. The van der Waals surface area contributed by atoms with Crippen molar-refractivity contribution >= 4 is 10.9 Å². The van der Waals surface area contributed by atoms with Gasteiger partial charge in [0.2, 0.25) is 0 Å². The maximum Gasteiger partial charge on any atom is 0.144 e. The summed E-state index contributed by atoms with van der Waals surface area (Å²) >= 11 is 0. The van der Waals surface area contributed by atoms with Crippen LogP contribution in [0.5, 0.6) is 5.75 Å². The highest BCUT2D eigenvalue weighted by Crippen LogP contribution is 2.24. The molecule has 0 saturated carbocycles. The summed E-state index contributed by atoms with van der Waals surface area (Å²) in [6, 6.07) is 6.08. The molecule has 3 aromatic rings. The summed E-state index contributed by atoms with van der Waals surface area (Å²) in [6.45, 7) is 0. The lowest BCUT2D eigenvalue weighted by Crippen LogP contribution is -1.96. The average Bonchev–Trinajstić information content (AvgIpc) is 2.74. The third-order valence-corrected chi connectivity index (χ3v) is 2.53. The van der Waals surface area contributed by atoms with Crippen molar-refractivity contribution in [1.82, 2.24) is 14.8 Å². The molecule has 2 aromatic heterocycles. The Kier molecular flexibility index (Phi) is 2.04. The first-order valence-corrected chi connectivity index (χ1v) is 5.02. The zero-order valence-electron chi connectivity index (χ0n) is 8.71. The van der Waals surface area contributed by atoms with Crippen LogP contribution in [0.2, 0.25) is 0 Å². The number of rotatable bonds is 1. The third kappa shape index (κ3) is 1.52. The van der Waals surface area contributed by atoms with E-state index in [0.717, 1.165) is 0 Å². The molecule has 2 heterocycles.